The van der Waals surface area contributed by atoms with Gasteiger partial charge in [-0.2, -0.15) is 0 Å². The lowest BCUT2D eigenvalue weighted by molar-refractivity contribution is -0.119. The van der Waals surface area contributed by atoms with Gasteiger partial charge in [0, 0.05) is 95.8 Å². The van der Waals surface area contributed by atoms with Gasteiger partial charge in [0.1, 0.15) is 11.6 Å². The Hall–Kier alpha value is -5.71. The molecule has 1 amide bonds. The Morgan fingerprint density at radius 3 is 1.49 bits per heavy atom. The highest BCUT2D eigenvalue weighted by Gasteiger charge is 2.51. The van der Waals surface area contributed by atoms with Crippen molar-refractivity contribution < 1.29 is 13.6 Å². The highest BCUT2D eigenvalue weighted by Crippen LogP contribution is 2.45. The molecule has 4 unspecified atom stereocenters. The first-order valence-corrected chi connectivity index (χ1v) is 25.8. The molecule has 10 rings (SSSR count). The molecule has 0 saturated carbocycles. The minimum absolute atomic E-state index is 0.0128. The lowest BCUT2D eigenvalue weighted by Gasteiger charge is -2.46. The number of piperidine rings is 2. The molecule has 70 heavy (non-hydrogen) atoms. The zero-order valence-corrected chi connectivity index (χ0v) is 41.2. The van der Waals surface area contributed by atoms with Gasteiger partial charge in [-0.3, -0.25) is 14.6 Å². The summed E-state index contributed by atoms with van der Waals surface area (Å²) in [6.07, 6.45) is 4.77. The first-order chi connectivity index (χ1) is 34.3. The van der Waals surface area contributed by atoms with Crippen LogP contribution in [0.15, 0.2) is 170 Å². The van der Waals surface area contributed by atoms with Crippen molar-refractivity contribution in [2.75, 3.05) is 88.8 Å². The van der Waals surface area contributed by atoms with Crippen LogP contribution >= 0.6 is 0 Å². The van der Waals surface area contributed by atoms with E-state index in [1.807, 2.05) is 25.1 Å². The second kappa shape index (κ2) is 23.5. The summed E-state index contributed by atoms with van der Waals surface area (Å²) in [6, 6.07) is 56.6. The van der Waals surface area contributed by atoms with Crippen LogP contribution in [0.1, 0.15) is 48.4 Å². The van der Waals surface area contributed by atoms with Gasteiger partial charge in [0.15, 0.2) is 0 Å². The van der Waals surface area contributed by atoms with Crippen LogP contribution in [-0.4, -0.2) is 104 Å². The van der Waals surface area contributed by atoms with Crippen LogP contribution in [-0.2, 0) is 30.7 Å². The zero-order chi connectivity index (χ0) is 48.2. The van der Waals surface area contributed by atoms with Crippen molar-refractivity contribution in [3.63, 3.8) is 0 Å². The molecule has 0 aromatic heterocycles. The second-order valence-electron chi connectivity index (χ2n) is 20.6. The van der Waals surface area contributed by atoms with Crippen molar-refractivity contribution in [1.29, 1.82) is 0 Å². The van der Waals surface area contributed by atoms with Gasteiger partial charge >= 0.3 is 0 Å². The van der Waals surface area contributed by atoms with E-state index in [1.54, 1.807) is 29.2 Å². The van der Waals surface area contributed by atoms with Crippen molar-refractivity contribution in [3.05, 3.63) is 204 Å². The number of benzene rings is 6. The number of amides is 1. The van der Waals surface area contributed by atoms with Gasteiger partial charge < -0.3 is 20.0 Å². The number of anilines is 2. The van der Waals surface area contributed by atoms with E-state index in [9.17, 15) is 13.6 Å². The van der Waals surface area contributed by atoms with Crippen molar-refractivity contribution in [1.82, 2.24) is 19.6 Å². The van der Waals surface area contributed by atoms with E-state index in [0.29, 0.717) is 36.2 Å². The van der Waals surface area contributed by atoms with Crippen LogP contribution in [0.4, 0.5) is 20.2 Å². The Morgan fingerprint density at radius 1 is 0.543 bits per heavy atom. The number of nitrogens with zero attached hydrogens (tertiary/aromatic N) is 5. The zero-order valence-electron chi connectivity index (χ0n) is 41.2. The Labute approximate surface area is 416 Å². The predicted molar refractivity (Wildman–Crippen MR) is 282 cm³/mol. The minimum Gasteiger partial charge on any atom is -0.382 e. The molecule has 0 bridgehead atoms. The van der Waals surface area contributed by atoms with Crippen molar-refractivity contribution >= 4 is 17.3 Å². The number of halogens is 2. The van der Waals surface area contributed by atoms with E-state index in [1.165, 1.54) is 34.7 Å². The molecule has 4 saturated heterocycles. The average Bonchev–Trinajstić information content (AvgIpc) is 3.94. The number of para-hydroxylation sites is 2. The average molecular weight is 943 g/mol. The molecule has 7 nitrogen and oxygen atoms in total. The highest BCUT2D eigenvalue weighted by atomic mass is 19.1. The van der Waals surface area contributed by atoms with Gasteiger partial charge in [-0.05, 0) is 97.1 Å². The molecule has 9 heteroatoms. The SMILES string of the molecule is CCC(=O)N(CC12CN(CCc3ccccc3)CCC1CN(Cc1ccccc1)C2)c1ccccc1F.Fc1ccccc1NCC12CN(CCc3ccccc3)CCC1CN(Cc1ccccc1)C2. The number of hydrogen-bond donors (Lipinski definition) is 1. The van der Waals surface area contributed by atoms with Crippen molar-refractivity contribution in [2.45, 2.75) is 52.1 Å². The van der Waals surface area contributed by atoms with E-state index in [0.717, 1.165) is 104 Å². The van der Waals surface area contributed by atoms with E-state index in [2.05, 4.69) is 146 Å². The van der Waals surface area contributed by atoms with Crippen LogP contribution in [0.3, 0.4) is 0 Å². The molecule has 1 N–H and O–H groups in total. The summed E-state index contributed by atoms with van der Waals surface area (Å²) < 4.78 is 29.3. The number of rotatable bonds is 17. The summed E-state index contributed by atoms with van der Waals surface area (Å²) in [7, 11) is 0. The number of hydrogen-bond acceptors (Lipinski definition) is 6. The molecule has 0 radical (unpaired) electrons. The quantitative estimate of drug-likeness (QED) is 0.0983. The number of fused-ring (bicyclic) bond motifs is 2. The highest BCUT2D eigenvalue weighted by molar-refractivity contribution is 5.93. The summed E-state index contributed by atoms with van der Waals surface area (Å²) in [4.78, 5) is 25.3. The Morgan fingerprint density at radius 2 is 0.971 bits per heavy atom. The number of carbonyl (C=O) groups excluding carboxylic acids is 1. The molecule has 4 fully saturated rings. The molecule has 366 valence electrons. The van der Waals surface area contributed by atoms with Gasteiger partial charge in [0.2, 0.25) is 5.91 Å². The Kier molecular flexibility index (Phi) is 16.5. The Balaban J connectivity index is 0.000000175. The smallest absolute Gasteiger partial charge is 0.226 e. The molecule has 4 aliphatic heterocycles. The third kappa shape index (κ3) is 12.4. The normalized spacial score (nSPS) is 22.7. The fraction of sp³-hybridized carbons (Fsp3) is 0.393. The van der Waals surface area contributed by atoms with Crippen LogP contribution in [0, 0.1) is 34.3 Å². The molecular formula is C61H72F2N6O. The summed E-state index contributed by atoms with van der Waals surface area (Å²) in [6.45, 7) is 15.5. The maximum Gasteiger partial charge on any atom is 0.226 e. The lowest BCUT2D eigenvalue weighted by atomic mass is 9.72. The van der Waals surface area contributed by atoms with E-state index in [4.69, 9.17) is 0 Å². The minimum atomic E-state index is -0.326. The topological polar surface area (TPSA) is 45.3 Å². The number of carbonyl (C=O) groups is 1. The van der Waals surface area contributed by atoms with Crippen molar-refractivity contribution in [3.8, 4) is 0 Å². The van der Waals surface area contributed by atoms with Gasteiger partial charge in [-0.25, -0.2) is 8.78 Å². The standard InChI is InChI=1S/C32H38FN3O.C29H34FN3/c1-2-31(37)36(30-16-10-9-15-29(30)33)25-32-23-34(19-17-26-11-5-3-6-12-26)20-18-28(32)22-35(24-32)21-27-13-7-4-8-14-27;30-27-13-7-8-14-28(27)31-21-29-22-32(17-15-24-9-3-1-4-10-24)18-16-26(29)20-33(23-29)19-25-11-5-2-6-12-25/h3-16,28H,2,17-25H2,1H3;1-14,26,31H,15-23H2. The summed E-state index contributed by atoms with van der Waals surface area (Å²) in [5.74, 6) is 0.604. The molecule has 4 aliphatic rings. The summed E-state index contributed by atoms with van der Waals surface area (Å²) in [5, 5.41) is 3.50. The van der Waals surface area contributed by atoms with E-state index in [-0.39, 0.29) is 28.4 Å². The van der Waals surface area contributed by atoms with E-state index >= 15 is 0 Å². The molecule has 6 aromatic rings. The molecule has 4 atom stereocenters. The van der Waals surface area contributed by atoms with E-state index < -0.39 is 0 Å². The van der Waals surface area contributed by atoms with Crippen LogP contribution in [0.2, 0.25) is 0 Å². The summed E-state index contributed by atoms with van der Waals surface area (Å²) >= 11 is 0. The van der Waals surface area contributed by atoms with Gasteiger partial charge in [0.25, 0.3) is 0 Å². The van der Waals surface area contributed by atoms with Gasteiger partial charge in [-0.1, -0.05) is 153 Å². The van der Waals surface area contributed by atoms with Crippen LogP contribution in [0.25, 0.3) is 0 Å². The fourth-order valence-corrected chi connectivity index (χ4v) is 12.2. The predicted octanol–water partition coefficient (Wildman–Crippen LogP) is 10.9. The number of nitrogens with one attached hydrogen (secondary N) is 1. The maximum atomic E-state index is 15.0. The molecule has 4 heterocycles. The molecular weight excluding hydrogens is 871 g/mol. The molecule has 6 aromatic carbocycles. The third-order valence-corrected chi connectivity index (χ3v) is 15.8. The first-order valence-electron chi connectivity index (χ1n) is 25.8. The largest absolute Gasteiger partial charge is 0.382 e. The molecule has 0 aliphatic carbocycles. The fourth-order valence-electron chi connectivity index (χ4n) is 12.2. The van der Waals surface area contributed by atoms with Crippen molar-refractivity contribution in [2.24, 2.45) is 22.7 Å². The third-order valence-electron chi connectivity index (χ3n) is 15.8. The Bertz CT molecular complexity index is 2550. The summed E-state index contributed by atoms with van der Waals surface area (Å²) in [5.41, 5.74) is 6.49. The van der Waals surface area contributed by atoms with Crippen LogP contribution < -0.4 is 10.2 Å². The van der Waals surface area contributed by atoms with Gasteiger partial charge in [-0.15, -0.1) is 0 Å². The maximum absolute atomic E-state index is 15.0. The van der Waals surface area contributed by atoms with Gasteiger partial charge in [0.05, 0.1) is 11.4 Å². The lowest BCUT2D eigenvalue weighted by Crippen LogP contribution is -2.55. The molecule has 0 spiro atoms. The van der Waals surface area contributed by atoms with Crippen LogP contribution in [0.5, 0.6) is 0 Å². The number of likely N-dealkylation sites (tertiary alicyclic amines) is 4. The monoisotopic (exact) mass is 943 g/mol. The first kappa shape index (κ1) is 49.3. The second-order valence-corrected chi connectivity index (χ2v) is 20.6.